The van der Waals surface area contributed by atoms with Crippen LogP contribution in [0, 0.1) is 5.92 Å². The summed E-state index contributed by atoms with van der Waals surface area (Å²) in [5, 5.41) is 9.88. The average Bonchev–Trinajstić information content (AvgIpc) is 3.25. The molecule has 2 amide bonds. The SMILES string of the molecule is CC(=O)Nc1ccccc1N1CC(C)C(NC(=O)c2cc(C3CC3)on2)C1. The summed E-state index contributed by atoms with van der Waals surface area (Å²) >= 11 is 0. The summed E-state index contributed by atoms with van der Waals surface area (Å²) < 4.78 is 5.28. The van der Waals surface area contributed by atoms with Gasteiger partial charge in [0.05, 0.1) is 17.4 Å². The van der Waals surface area contributed by atoms with Gasteiger partial charge in [-0.25, -0.2) is 0 Å². The maximum absolute atomic E-state index is 12.5. The Morgan fingerprint density at radius 1 is 1.22 bits per heavy atom. The van der Waals surface area contributed by atoms with Gasteiger partial charge < -0.3 is 20.1 Å². The van der Waals surface area contributed by atoms with Crippen LogP contribution in [0.15, 0.2) is 34.9 Å². The van der Waals surface area contributed by atoms with Crippen molar-refractivity contribution in [1.82, 2.24) is 10.5 Å². The molecule has 2 fully saturated rings. The second-order valence-electron chi connectivity index (χ2n) is 7.55. The highest BCUT2D eigenvalue weighted by Gasteiger charge is 2.33. The van der Waals surface area contributed by atoms with E-state index < -0.39 is 0 Å². The monoisotopic (exact) mass is 368 g/mol. The lowest BCUT2D eigenvalue weighted by Crippen LogP contribution is -2.40. The molecular weight excluding hydrogens is 344 g/mol. The van der Waals surface area contributed by atoms with Crippen molar-refractivity contribution in [3.63, 3.8) is 0 Å². The number of para-hydroxylation sites is 2. The third-order valence-electron chi connectivity index (χ3n) is 5.23. The third-order valence-corrected chi connectivity index (χ3v) is 5.23. The zero-order chi connectivity index (χ0) is 19.0. The summed E-state index contributed by atoms with van der Waals surface area (Å²) in [5.41, 5.74) is 2.10. The first-order valence-electron chi connectivity index (χ1n) is 9.40. The van der Waals surface area contributed by atoms with Crippen LogP contribution < -0.4 is 15.5 Å². The molecule has 1 aliphatic heterocycles. The molecule has 7 heteroatoms. The first kappa shape index (κ1) is 17.6. The van der Waals surface area contributed by atoms with Crippen molar-refractivity contribution in [3.8, 4) is 0 Å². The molecule has 7 nitrogen and oxygen atoms in total. The average molecular weight is 368 g/mol. The number of hydrogen-bond acceptors (Lipinski definition) is 5. The van der Waals surface area contributed by atoms with E-state index in [9.17, 15) is 9.59 Å². The summed E-state index contributed by atoms with van der Waals surface area (Å²) in [7, 11) is 0. The van der Waals surface area contributed by atoms with Crippen molar-refractivity contribution < 1.29 is 14.1 Å². The molecule has 27 heavy (non-hydrogen) atoms. The number of anilines is 2. The summed E-state index contributed by atoms with van der Waals surface area (Å²) in [6, 6.07) is 9.49. The zero-order valence-electron chi connectivity index (χ0n) is 15.6. The van der Waals surface area contributed by atoms with Gasteiger partial charge in [-0.1, -0.05) is 24.2 Å². The van der Waals surface area contributed by atoms with E-state index in [1.54, 1.807) is 6.07 Å². The van der Waals surface area contributed by atoms with Crippen LogP contribution >= 0.6 is 0 Å². The van der Waals surface area contributed by atoms with Gasteiger partial charge in [0, 0.05) is 32.0 Å². The Labute approximate surface area is 158 Å². The summed E-state index contributed by atoms with van der Waals surface area (Å²) in [6.45, 7) is 5.09. The zero-order valence-corrected chi connectivity index (χ0v) is 15.6. The van der Waals surface area contributed by atoms with E-state index in [1.807, 2.05) is 24.3 Å². The Morgan fingerprint density at radius 2 is 2.00 bits per heavy atom. The first-order chi connectivity index (χ1) is 13.0. The fourth-order valence-corrected chi connectivity index (χ4v) is 3.60. The topological polar surface area (TPSA) is 87.5 Å². The third kappa shape index (κ3) is 3.82. The van der Waals surface area contributed by atoms with Gasteiger partial charge in [0.1, 0.15) is 5.76 Å². The highest BCUT2D eigenvalue weighted by molar-refractivity contribution is 5.93. The van der Waals surface area contributed by atoms with Crippen LogP contribution in [0.4, 0.5) is 11.4 Å². The lowest BCUT2D eigenvalue weighted by atomic mass is 10.1. The van der Waals surface area contributed by atoms with Crippen LogP contribution in [0.25, 0.3) is 0 Å². The normalized spacial score (nSPS) is 21.9. The highest BCUT2D eigenvalue weighted by atomic mass is 16.5. The molecule has 142 valence electrons. The fourth-order valence-electron chi connectivity index (χ4n) is 3.60. The molecule has 0 bridgehead atoms. The van der Waals surface area contributed by atoms with Gasteiger partial charge in [-0.05, 0) is 30.9 Å². The molecule has 0 radical (unpaired) electrons. The predicted molar refractivity (Wildman–Crippen MR) is 102 cm³/mol. The molecule has 2 aliphatic rings. The van der Waals surface area contributed by atoms with Gasteiger partial charge in [0.25, 0.3) is 5.91 Å². The maximum atomic E-state index is 12.5. The van der Waals surface area contributed by atoms with Crippen LogP contribution in [-0.2, 0) is 4.79 Å². The van der Waals surface area contributed by atoms with Crippen LogP contribution in [0.2, 0.25) is 0 Å². The van der Waals surface area contributed by atoms with E-state index in [1.165, 1.54) is 6.92 Å². The van der Waals surface area contributed by atoms with Crippen LogP contribution in [0.1, 0.15) is 48.9 Å². The number of amides is 2. The van der Waals surface area contributed by atoms with Crippen LogP contribution in [-0.4, -0.2) is 36.1 Å². The Bertz CT molecular complexity index is 858. The van der Waals surface area contributed by atoms with E-state index in [0.29, 0.717) is 18.2 Å². The van der Waals surface area contributed by atoms with E-state index in [-0.39, 0.29) is 23.8 Å². The maximum Gasteiger partial charge on any atom is 0.273 e. The van der Waals surface area contributed by atoms with E-state index in [4.69, 9.17) is 4.52 Å². The van der Waals surface area contributed by atoms with Gasteiger partial charge in [0.15, 0.2) is 5.69 Å². The molecule has 0 spiro atoms. The van der Waals surface area contributed by atoms with Crippen molar-refractivity contribution in [3.05, 3.63) is 41.8 Å². The smallest absolute Gasteiger partial charge is 0.273 e. The van der Waals surface area contributed by atoms with E-state index >= 15 is 0 Å². The summed E-state index contributed by atoms with van der Waals surface area (Å²) in [5.74, 6) is 1.22. The first-order valence-corrected chi connectivity index (χ1v) is 9.40. The molecule has 1 aromatic carbocycles. The number of aromatic nitrogens is 1. The fraction of sp³-hybridized carbons (Fsp3) is 0.450. The lowest BCUT2D eigenvalue weighted by molar-refractivity contribution is -0.114. The number of nitrogens with one attached hydrogen (secondary N) is 2. The second-order valence-corrected chi connectivity index (χ2v) is 7.55. The lowest BCUT2D eigenvalue weighted by Gasteiger charge is -2.22. The number of hydrogen-bond donors (Lipinski definition) is 2. The highest BCUT2D eigenvalue weighted by Crippen LogP contribution is 2.40. The van der Waals surface area contributed by atoms with E-state index in [0.717, 1.165) is 36.5 Å². The molecule has 2 atom stereocenters. The number of carbonyl (C=O) groups excluding carboxylic acids is 2. The largest absolute Gasteiger partial charge is 0.367 e. The van der Waals surface area contributed by atoms with Crippen LogP contribution in [0.3, 0.4) is 0 Å². The second kappa shape index (κ2) is 7.06. The molecule has 1 aromatic heterocycles. The molecular formula is C20H24N4O3. The molecule has 2 N–H and O–H groups in total. The van der Waals surface area contributed by atoms with Crippen molar-refractivity contribution in [1.29, 1.82) is 0 Å². The molecule has 2 aromatic rings. The van der Waals surface area contributed by atoms with Crippen molar-refractivity contribution in [2.24, 2.45) is 5.92 Å². The molecule has 1 saturated carbocycles. The standard InChI is InChI=1S/C20H24N4O3/c1-12-10-24(18-6-4-3-5-15(18)21-13(2)25)11-17(12)22-20(26)16-9-19(27-23-16)14-7-8-14/h3-6,9,12,14,17H,7-8,10-11H2,1-2H3,(H,21,25)(H,22,26). The van der Waals surface area contributed by atoms with Gasteiger partial charge in [-0.15, -0.1) is 0 Å². The summed E-state index contributed by atoms with van der Waals surface area (Å²) in [6.07, 6.45) is 2.22. The minimum atomic E-state index is -0.195. The van der Waals surface area contributed by atoms with Gasteiger partial charge in [-0.3, -0.25) is 9.59 Å². The number of carbonyl (C=O) groups is 2. The minimum Gasteiger partial charge on any atom is -0.367 e. The number of benzene rings is 1. The Hall–Kier alpha value is -2.83. The Morgan fingerprint density at radius 3 is 2.74 bits per heavy atom. The molecule has 1 saturated heterocycles. The van der Waals surface area contributed by atoms with Crippen LogP contribution in [0.5, 0.6) is 0 Å². The van der Waals surface area contributed by atoms with Gasteiger partial charge in [-0.2, -0.15) is 0 Å². The molecule has 2 heterocycles. The van der Waals surface area contributed by atoms with Crippen molar-refractivity contribution in [2.75, 3.05) is 23.3 Å². The van der Waals surface area contributed by atoms with E-state index in [2.05, 4.69) is 27.6 Å². The number of rotatable bonds is 5. The van der Waals surface area contributed by atoms with Crippen molar-refractivity contribution in [2.45, 2.75) is 38.6 Å². The van der Waals surface area contributed by atoms with Crippen molar-refractivity contribution >= 4 is 23.2 Å². The molecule has 1 aliphatic carbocycles. The Kier molecular flexibility index (Phi) is 4.59. The molecule has 2 unspecified atom stereocenters. The van der Waals surface area contributed by atoms with Gasteiger partial charge >= 0.3 is 0 Å². The predicted octanol–water partition coefficient (Wildman–Crippen LogP) is 2.77. The quantitative estimate of drug-likeness (QED) is 0.847. The number of nitrogens with zero attached hydrogens (tertiary/aromatic N) is 2. The Balaban J connectivity index is 1.43. The minimum absolute atomic E-state index is 0.00367. The summed E-state index contributed by atoms with van der Waals surface area (Å²) in [4.78, 5) is 26.2. The molecule has 4 rings (SSSR count). The van der Waals surface area contributed by atoms with Gasteiger partial charge in [0.2, 0.25) is 5.91 Å².